The molecule has 0 fully saturated rings. The van der Waals surface area contributed by atoms with Gasteiger partial charge in [-0.15, -0.1) is 0 Å². The van der Waals surface area contributed by atoms with E-state index in [0.29, 0.717) is 27.2 Å². The van der Waals surface area contributed by atoms with Crippen LogP contribution in [0.4, 0.5) is 0 Å². The van der Waals surface area contributed by atoms with Crippen molar-refractivity contribution in [3.8, 4) is 0 Å². The SMILES string of the molecule is NCc1ccc(CS(=O)c2ccc(Cl)c(Cl)c2)cc1. The van der Waals surface area contributed by atoms with E-state index in [1.165, 1.54) is 0 Å². The fourth-order valence-corrected chi connectivity index (χ4v) is 3.12. The van der Waals surface area contributed by atoms with Crippen molar-refractivity contribution < 1.29 is 4.21 Å². The van der Waals surface area contributed by atoms with Crippen molar-refractivity contribution in [2.24, 2.45) is 5.73 Å². The van der Waals surface area contributed by atoms with Gasteiger partial charge in [0.2, 0.25) is 0 Å². The average Bonchev–Trinajstić information content (AvgIpc) is 2.42. The Kier molecular flexibility index (Phi) is 4.99. The molecular formula is C14H13Cl2NOS. The van der Waals surface area contributed by atoms with Crippen LogP contribution in [0.3, 0.4) is 0 Å². The third kappa shape index (κ3) is 3.80. The van der Waals surface area contributed by atoms with Gasteiger partial charge in [-0.3, -0.25) is 4.21 Å². The Morgan fingerprint density at radius 3 is 2.16 bits per heavy atom. The topological polar surface area (TPSA) is 43.1 Å². The summed E-state index contributed by atoms with van der Waals surface area (Å²) < 4.78 is 12.2. The first-order valence-corrected chi connectivity index (χ1v) is 7.79. The van der Waals surface area contributed by atoms with E-state index in [1.54, 1.807) is 18.2 Å². The Labute approximate surface area is 125 Å². The van der Waals surface area contributed by atoms with E-state index in [0.717, 1.165) is 11.1 Å². The summed E-state index contributed by atoms with van der Waals surface area (Å²) >= 11 is 11.8. The molecule has 0 amide bonds. The van der Waals surface area contributed by atoms with E-state index in [-0.39, 0.29) is 0 Å². The van der Waals surface area contributed by atoms with Gasteiger partial charge in [0.05, 0.1) is 26.6 Å². The molecule has 0 heterocycles. The fraction of sp³-hybridized carbons (Fsp3) is 0.143. The van der Waals surface area contributed by atoms with Crippen LogP contribution in [0.2, 0.25) is 10.0 Å². The van der Waals surface area contributed by atoms with Crippen molar-refractivity contribution in [2.75, 3.05) is 0 Å². The van der Waals surface area contributed by atoms with E-state index in [4.69, 9.17) is 28.9 Å². The third-order valence-corrected chi connectivity index (χ3v) is 4.82. The maximum absolute atomic E-state index is 12.2. The molecule has 5 heteroatoms. The average molecular weight is 314 g/mol. The molecule has 0 radical (unpaired) electrons. The van der Waals surface area contributed by atoms with Crippen LogP contribution < -0.4 is 5.73 Å². The summed E-state index contributed by atoms with van der Waals surface area (Å²) in [4.78, 5) is 0.678. The van der Waals surface area contributed by atoms with Crippen LogP contribution >= 0.6 is 23.2 Å². The van der Waals surface area contributed by atoms with Crippen molar-refractivity contribution >= 4 is 34.0 Å². The monoisotopic (exact) mass is 313 g/mol. The van der Waals surface area contributed by atoms with Gasteiger partial charge in [-0.05, 0) is 29.3 Å². The Hall–Kier alpha value is -0.870. The number of halogens is 2. The van der Waals surface area contributed by atoms with Crippen LogP contribution in [-0.4, -0.2) is 4.21 Å². The molecule has 2 rings (SSSR count). The lowest BCUT2D eigenvalue weighted by atomic mass is 10.1. The minimum atomic E-state index is -1.14. The van der Waals surface area contributed by atoms with Crippen LogP contribution in [0.5, 0.6) is 0 Å². The molecule has 0 bridgehead atoms. The largest absolute Gasteiger partial charge is 0.326 e. The number of hydrogen-bond donors (Lipinski definition) is 1. The molecular weight excluding hydrogens is 301 g/mol. The highest BCUT2D eigenvalue weighted by atomic mass is 35.5. The van der Waals surface area contributed by atoms with Gasteiger partial charge in [0.1, 0.15) is 0 Å². The molecule has 1 unspecified atom stereocenters. The summed E-state index contributed by atoms with van der Waals surface area (Å²) in [6, 6.07) is 12.8. The van der Waals surface area contributed by atoms with Crippen LogP contribution in [0.1, 0.15) is 11.1 Å². The maximum Gasteiger partial charge on any atom is 0.0604 e. The van der Waals surface area contributed by atoms with Crippen molar-refractivity contribution in [1.29, 1.82) is 0 Å². The molecule has 1 atom stereocenters. The van der Waals surface area contributed by atoms with Gasteiger partial charge in [-0.25, -0.2) is 0 Å². The summed E-state index contributed by atoms with van der Waals surface area (Å²) in [5.74, 6) is 0.447. The molecule has 2 N–H and O–H groups in total. The fourth-order valence-electron chi connectivity index (χ4n) is 1.62. The highest BCUT2D eigenvalue weighted by molar-refractivity contribution is 7.84. The number of rotatable bonds is 4. The van der Waals surface area contributed by atoms with Gasteiger partial charge >= 0.3 is 0 Å². The first-order valence-electron chi connectivity index (χ1n) is 5.71. The molecule has 19 heavy (non-hydrogen) atoms. The number of nitrogens with two attached hydrogens (primary N) is 1. The highest BCUT2D eigenvalue weighted by Gasteiger charge is 2.07. The summed E-state index contributed by atoms with van der Waals surface area (Å²) in [5, 5.41) is 0.890. The predicted octanol–water partition coefficient (Wildman–Crippen LogP) is 3.76. The van der Waals surface area contributed by atoms with E-state index < -0.39 is 10.8 Å². The molecule has 100 valence electrons. The first kappa shape index (κ1) is 14.5. The molecule has 0 saturated carbocycles. The summed E-state index contributed by atoms with van der Waals surface area (Å²) in [5.41, 5.74) is 7.60. The second-order valence-electron chi connectivity index (χ2n) is 4.09. The minimum Gasteiger partial charge on any atom is -0.326 e. The normalized spacial score (nSPS) is 12.4. The molecule has 0 aliphatic heterocycles. The van der Waals surface area contributed by atoms with Crippen molar-refractivity contribution in [1.82, 2.24) is 0 Å². The van der Waals surface area contributed by atoms with Gasteiger partial charge in [0, 0.05) is 11.4 Å². The first-order chi connectivity index (χ1) is 9.10. The smallest absolute Gasteiger partial charge is 0.0604 e. The van der Waals surface area contributed by atoms with Crippen molar-refractivity contribution in [2.45, 2.75) is 17.2 Å². The van der Waals surface area contributed by atoms with Crippen molar-refractivity contribution in [3.63, 3.8) is 0 Å². The molecule has 0 aromatic heterocycles. The Morgan fingerprint density at radius 1 is 0.947 bits per heavy atom. The standard InChI is InChI=1S/C14H13Cl2NOS/c15-13-6-5-12(7-14(13)16)19(18)9-11-3-1-10(8-17)2-4-11/h1-7H,8-9,17H2. The molecule has 2 nitrogen and oxygen atoms in total. The second-order valence-corrected chi connectivity index (χ2v) is 6.35. The van der Waals surface area contributed by atoms with E-state index >= 15 is 0 Å². The van der Waals surface area contributed by atoms with E-state index in [2.05, 4.69) is 0 Å². The lowest BCUT2D eigenvalue weighted by Gasteiger charge is -2.05. The van der Waals surface area contributed by atoms with Crippen LogP contribution in [0, 0.1) is 0 Å². The molecule has 2 aromatic rings. The molecule has 2 aromatic carbocycles. The molecule has 0 saturated heterocycles. The molecule has 0 spiro atoms. The Bertz CT molecular complexity index is 599. The maximum atomic E-state index is 12.2. The zero-order valence-corrected chi connectivity index (χ0v) is 12.4. The quantitative estimate of drug-likeness (QED) is 0.934. The molecule has 0 aliphatic carbocycles. The van der Waals surface area contributed by atoms with Crippen LogP contribution in [0.15, 0.2) is 47.4 Å². The predicted molar refractivity (Wildman–Crippen MR) is 80.9 cm³/mol. The second kappa shape index (κ2) is 6.53. The number of benzene rings is 2. The highest BCUT2D eigenvalue weighted by Crippen LogP contribution is 2.25. The lowest BCUT2D eigenvalue weighted by Crippen LogP contribution is -1.99. The Balaban J connectivity index is 2.13. The third-order valence-electron chi connectivity index (χ3n) is 2.71. The summed E-state index contributed by atoms with van der Waals surface area (Å²) in [6.07, 6.45) is 0. The van der Waals surface area contributed by atoms with Crippen molar-refractivity contribution in [3.05, 3.63) is 63.6 Å². The van der Waals surface area contributed by atoms with Gasteiger partial charge in [-0.1, -0.05) is 47.5 Å². The number of hydrogen-bond acceptors (Lipinski definition) is 2. The zero-order valence-electron chi connectivity index (χ0n) is 10.1. The van der Waals surface area contributed by atoms with Gasteiger partial charge in [0.15, 0.2) is 0 Å². The minimum absolute atomic E-state index is 0.422. The Morgan fingerprint density at radius 2 is 1.58 bits per heavy atom. The van der Waals surface area contributed by atoms with Gasteiger partial charge in [0.25, 0.3) is 0 Å². The summed E-state index contributed by atoms with van der Waals surface area (Å²) in [7, 11) is -1.14. The van der Waals surface area contributed by atoms with Gasteiger partial charge < -0.3 is 5.73 Å². The van der Waals surface area contributed by atoms with Crippen LogP contribution in [0.25, 0.3) is 0 Å². The van der Waals surface area contributed by atoms with Crippen LogP contribution in [-0.2, 0) is 23.1 Å². The van der Waals surface area contributed by atoms with E-state index in [9.17, 15) is 4.21 Å². The zero-order chi connectivity index (χ0) is 13.8. The summed E-state index contributed by atoms with van der Waals surface area (Å²) in [6.45, 7) is 0.510. The lowest BCUT2D eigenvalue weighted by molar-refractivity contribution is 0.682. The molecule has 0 aliphatic rings. The van der Waals surface area contributed by atoms with E-state index in [1.807, 2.05) is 24.3 Å². The van der Waals surface area contributed by atoms with Gasteiger partial charge in [-0.2, -0.15) is 0 Å².